The maximum Gasteiger partial charge on any atom is 0.216 e. The lowest BCUT2D eigenvalue weighted by molar-refractivity contribution is 0.0996. The number of hydrogen-bond acceptors (Lipinski definition) is 3. The number of sulfonamides is 1. The zero-order valence-corrected chi connectivity index (χ0v) is 11.5. The fraction of sp³-hybridized carbons (Fsp3) is 0.538. The minimum absolute atomic E-state index is 0.109. The van der Waals surface area contributed by atoms with Gasteiger partial charge in [0.05, 0.1) is 24.0 Å². The van der Waals surface area contributed by atoms with Crippen LogP contribution in [-0.4, -0.2) is 26.7 Å². The molecule has 0 radical (unpaired) electrons. The van der Waals surface area contributed by atoms with E-state index in [2.05, 4.69) is 4.72 Å². The number of ether oxygens (including phenoxy) is 1. The van der Waals surface area contributed by atoms with Gasteiger partial charge in [-0.15, -0.1) is 0 Å². The van der Waals surface area contributed by atoms with Gasteiger partial charge in [0.1, 0.15) is 11.6 Å². The smallest absolute Gasteiger partial charge is 0.216 e. The Morgan fingerprint density at radius 1 is 1.25 bits per heavy atom. The van der Waals surface area contributed by atoms with Crippen LogP contribution in [0.3, 0.4) is 0 Å². The number of fused-ring (bicyclic) bond motifs is 2. The molecule has 2 heterocycles. The van der Waals surface area contributed by atoms with Crippen LogP contribution < -0.4 is 4.72 Å². The van der Waals surface area contributed by atoms with Crippen molar-refractivity contribution in [1.29, 1.82) is 0 Å². The van der Waals surface area contributed by atoms with E-state index in [9.17, 15) is 17.2 Å². The molecule has 7 heteroatoms. The summed E-state index contributed by atoms with van der Waals surface area (Å²) in [6.45, 7) is 0. The molecular formula is C13H15F2NO3S. The van der Waals surface area contributed by atoms with E-state index in [4.69, 9.17) is 4.74 Å². The van der Waals surface area contributed by atoms with Crippen molar-refractivity contribution < 1.29 is 21.9 Å². The van der Waals surface area contributed by atoms with Gasteiger partial charge in [0.25, 0.3) is 0 Å². The highest BCUT2D eigenvalue weighted by Crippen LogP contribution is 2.34. The zero-order valence-electron chi connectivity index (χ0n) is 10.7. The topological polar surface area (TPSA) is 55.4 Å². The van der Waals surface area contributed by atoms with Gasteiger partial charge in [-0.1, -0.05) is 6.07 Å². The molecule has 4 nitrogen and oxygen atoms in total. The minimum Gasteiger partial charge on any atom is -0.373 e. The van der Waals surface area contributed by atoms with E-state index in [1.807, 2.05) is 0 Å². The molecule has 2 bridgehead atoms. The molecule has 1 N–H and O–H groups in total. The summed E-state index contributed by atoms with van der Waals surface area (Å²) in [6, 6.07) is 3.02. The molecule has 0 aliphatic carbocycles. The van der Waals surface area contributed by atoms with Crippen LogP contribution in [-0.2, 0) is 20.5 Å². The van der Waals surface area contributed by atoms with Gasteiger partial charge in [-0.25, -0.2) is 21.9 Å². The molecule has 1 aromatic rings. The van der Waals surface area contributed by atoms with E-state index in [0.29, 0.717) is 6.42 Å². The zero-order chi connectivity index (χ0) is 14.3. The van der Waals surface area contributed by atoms with Crippen LogP contribution >= 0.6 is 0 Å². The first-order chi connectivity index (χ1) is 9.44. The third kappa shape index (κ3) is 2.70. The SMILES string of the molecule is O=S(=O)(Cc1c(F)cccc1F)N[C@@H]1C[C@H]2CC[C@H]1O2. The average molecular weight is 303 g/mol. The third-order valence-corrected chi connectivity index (χ3v) is 5.16. The molecule has 2 aliphatic heterocycles. The van der Waals surface area contributed by atoms with Gasteiger partial charge in [0, 0.05) is 5.56 Å². The number of benzene rings is 1. The summed E-state index contributed by atoms with van der Waals surface area (Å²) in [6.07, 6.45) is 2.40. The van der Waals surface area contributed by atoms with Crippen molar-refractivity contribution in [2.75, 3.05) is 0 Å². The number of nitrogens with one attached hydrogen (secondary N) is 1. The summed E-state index contributed by atoms with van der Waals surface area (Å²) >= 11 is 0. The van der Waals surface area contributed by atoms with Crippen molar-refractivity contribution in [3.63, 3.8) is 0 Å². The second-order valence-electron chi connectivity index (χ2n) is 5.29. The average Bonchev–Trinajstić information content (AvgIpc) is 2.95. The Bertz CT molecular complexity index is 600. The molecule has 0 unspecified atom stereocenters. The van der Waals surface area contributed by atoms with Crippen LogP contribution in [0.25, 0.3) is 0 Å². The van der Waals surface area contributed by atoms with Crippen molar-refractivity contribution in [2.45, 2.75) is 43.3 Å². The van der Waals surface area contributed by atoms with Crippen LogP contribution in [0, 0.1) is 11.6 Å². The molecule has 1 aromatic carbocycles. The van der Waals surface area contributed by atoms with Gasteiger partial charge >= 0.3 is 0 Å². The van der Waals surface area contributed by atoms with Crippen LogP contribution in [0.2, 0.25) is 0 Å². The quantitative estimate of drug-likeness (QED) is 0.921. The maximum atomic E-state index is 13.5. The Morgan fingerprint density at radius 3 is 2.50 bits per heavy atom. The lowest BCUT2D eigenvalue weighted by Crippen LogP contribution is -2.42. The van der Waals surface area contributed by atoms with Crippen molar-refractivity contribution in [2.24, 2.45) is 0 Å². The fourth-order valence-electron chi connectivity index (χ4n) is 2.89. The van der Waals surface area contributed by atoms with Crippen LogP contribution in [0.4, 0.5) is 8.78 Å². The largest absolute Gasteiger partial charge is 0.373 e. The van der Waals surface area contributed by atoms with Crippen LogP contribution in [0.5, 0.6) is 0 Å². The summed E-state index contributed by atoms with van der Waals surface area (Å²) < 4.78 is 59.1. The van der Waals surface area contributed by atoms with E-state index < -0.39 is 33.0 Å². The molecule has 2 fully saturated rings. The van der Waals surface area contributed by atoms with Crippen molar-refractivity contribution in [3.8, 4) is 0 Å². The molecule has 2 saturated heterocycles. The molecule has 0 aromatic heterocycles. The van der Waals surface area contributed by atoms with Gasteiger partial charge in [0.15, 0.2) is 0 Å². The van der Waals surface area contributed by atoms with Crippen LogP contribution in [0.1, 0.15) is 24.8 Å². The molecular weight excluding hydrogens is 288 g/mol. The lowest BCUT2D eigenvalue weighted by atomic mass is 9.96. The van der Waals surface area contributed by atoms with E-state index in [1.165, 1.54) is 6.07 Å². The van der Waals surface area contributed by atoms with Crippen molar-refractivity contribution in [1.82, 2.24) is 4.72 Å². The molecule has 3 atom stereocenters. The number of halogens is 2. The van der Waals surface area contributed by atoms with Crippen molar-refractivity contribution in [3.05, 3.63) is 35.4 Å². The Hall–Kier alpha value is -1.05. The summed E-state index contributed by atoms with van der Waals surface area (Å²) in [7, 11) is -3.80. The van der Waals surface area contributed by atoms with E-state index in [-0.39, 0.29) is 18.2 Å². The molecule has 20 heavy (non-hydrogen) atoms. The van der Waals surface area contributed by atoms with Gasteiger partial charge in [-0.05, 0) is 31.4 Å². The van der Waals surface area contributed by atoms with Gasteiger partial charge in [0.2, 0.25) is 10.0 Å². The molecule has 2 aliphatic rings. The summed E-state index contributed by atoms with van der Waals surface area (Å²) in [5.41, 5.74) is -0.427. The molecule has 3 rings (SSSR count). The fourth-order valence-corrected chi connectivity index (χ4v) is 4.34. The van der Waals surface area contributed by atoms with Gasteiger partial charge in [-0.2, -0.15) is 0 Å². The Kier molecular flexibility index (Phi) is 3.51. The van der Waals surface area contributed by atoms with E-state index in [0.717, 1.165) is 25.0 Å². The highest BCUT2D eigenvalue weighted by atomic mass is 32.2. The Balaban J connectivity index is 1.73. The Labute approximate surface area is 116 Å². The first-order valence-electron chi connectivity index (χ1n) is 6.53. The first-order valence-corrected chi connectivity index (χ1v) is 8.18. The molecule has 0 amide bonds. The van der Waals surface area contributed by atoms with Crippen molar-refractivity contribution >= 4 is 10.0 Å². The highest BCUT2D eigenvalue weighted by Gasteiger charge is 2.42. The third-order valence-electron chi connectivity index (χ3n) is 3.83. The number of rotatable bonds is 4. The van der Waals surface area contributed by atoms with Crippen LogP contribution in [0.15, 0.2) is 18.2 Å². The summed E-state index contributed by atoms with van der Waals surface area (Å²) in [4.78, 5) is 0. The predicted molar refractivity (Wildman–Crippen MR) is 68.4 cm³/mol. The normalized spacial score (nSPS) is 29.0. The van der Waals surface area contributed by atoms with Gasteiger partial charge < -0.3 is 4.74 Å². The lowest BCUT2D eigenvalue weighted by Gasteiger charge is -2.20. The molecule has 110 valence electrons. The summed E-state index contributed by atoms with van der Waals surface area (Å²) in [5.74, 6) is -2.39. The summed E-state index contributed by atoms with van der Waals surface area (Å²) in [5, 5.41) is 0. The second kappa shape index (κ2) is 5.05. The highest BCUT2D eigenvalue weighted by molar-refractivity contribution is 7.88. The first kappa shape index (κ1) is 13.9. The molecule has 0 spiro atoms. The van der Waals surface area contributed by atoms with E-state index >= 15 is 0 Å². The molecule has 0 saturated carbocycles. The number of hydrogen-bond donors (Lipinski definition) is 1. The second-order valence-corrected chi connectivity index (χ2v) is 7.05. The monoisotopic (exact) mass is 303 g/mol. The van der Waals surface area contributed by atoms with E-state index in [1.54, 1.807) is 0 Å². The standard InChI is InChI=1S/C13H15F2NO3S/c14-10-2-1-3-11(15)9(10)7-20(17,18)16-12-6-8-4-5-13(12)19-8/h1-3,8,12-13,16H,4-7H2/t8-,12-,13-/m1/s1. The Morgan fingerprint density at radius 2 is 1.95 bits per heavy atom. The maximum absolute atomic E-state index is 13.5. The minimum atomic E-state index is -3.80. The predicted octanol–water partition coefficient (Wildman–Crippen LogP) is 1.70. The van der Waals surface area contributed by atoms with Gasteiger partial charge in [-0.3, -0.25) is 0 Å².